The summed E-state index contributed by atoms with van der Waals surface area (Å²) in [4.78, 5) is 11.4. The second kappa shape index (κ2) is 5.27. The Kier molecular flexibility index (Phi) is 4.26. The molecule has 1 rings (SSSR count). The van der Waals surface area contributed by atoms with Crippen LogP contribution in [0.4, 0.5) is 0 Å². The van der Waals surface area contributed by atoms with Gasteiger partial charge in [-0.05, 0) is 13.3 Å². The summed E-state index contributed by atoms with van der Waals surface area (Å²) >= 11 is 0. The number of rotatable bonds is 5. The molecule has 0 saturated heterocycles. The standard InChI is InChI=1S/C12H18O4/c1-3-4-5-6-7-10-9(2)12(15,8-13)16-11(10)14/h6-7,13,15H,3-5,8H2,1-2H3. The van der Waals surface area contributed by atoms with Crippen LogP contribution in [-0.2, 0) is 9.53 Å². The van der Waals surface area contributed by atoms with E-state index in [0.717, 1.165) is 19.3 Å². The second-order valence-corrected chi connectivity index (χ2v) is 3.92. The molecule has 0 bridgehead atoms. The van der Waals surface area contributed by atoms with Crippen molar-refractivity contribution in [2.45, 2.75) is 38.9 Å². The number of carbonyl (C=O) groups is 1. The Hall–Kier alpha value is -1.13. The lowest BCUT2D eigenvalue weighted by Crippen LogP contribution is -2.35. The Morgan fingerprint density at radius 3 is 2.69 bits per heavy atom. The molecule has 0 saturated carbocycles. The van der Waals surface area contributed by atoms with E-state index in [9.17, 15) is 9.90 Å². The molecular formula is C12H18O4. The van der Waals surface area contributed by atoms with Gasteiger partial charge in [0.2, 0.25) is 0 Å². The van der Waals surface area contributed by atoms with E-state index in [4.69, 9.17) is 9.84 Å². The number of carbonyl (C=O) groups excluding carboxylic acids is 1. The van der Waals surface area contributed by atoms with Gasteiger partial charge >= 0.3 is 5.97 Å². The molecule has 1 heterocycles. The SMILES string of the molecule is CCCCC=CC1=C(C)C(O)(CO)OC1=O. The van der Waals surface area contributed by atoms with Gasteiger partial charge in [0.25, 0.3) is 5.79 Å². The summed E-state index contributed by atoms with van der Waals surface area (Å²) in [7, 11) is 0. The van der Waals surface area contributed by atoms with E-state index in [0.29, 0.717) is 11.1 Å². The van der Waals surface area contributed by atoms with Crippen molar-refractivity contribution < 1.29 is 19.7 Å². The number of ether oxygens (including phenoxy) is 1. The summed E-state index contributed by atoms with van der Waals surface area (Å²) in [5, 5.41) is 18.7. The highest BCUT2D eigenvalue weighted by atomic mass is 16.7. The van der Waals surface area contributed by atoms with Crippen molar-refractivity contribution in [3.63, 3.8) is 0 Å². The Labute approximate surface area is 95.2 Å². The van der Waals surface area contributed by atoms with Gasteiger partial charge in [0, 0.05) is 5.57 Å². The predicted molar refractivity (Wildman–Crippen MR) is 59.5 cm³/mol. The Bertz CT molecular complexity index is 330. The van der Waals surface area contributed by atoms with Crippen molar-refractivity contribution in [1.29, 1.82) is 0 Å². The molecule has 0 spiro atoms. The van der Waals surface area contributed by atoms with Gasteiger partial charge in [0.05, 0.1) is 5.57 Å². The van der Waals surface area contributed by atoms with E-state index in [1.54, 1.807) is 13.0 Å². The van der Waals surface area contributed by atoms with Crippen LogP contribution in [0.1, 0.15) is 33.1 Å². The zero-order valence-corrected chi connectivity index (χ0v) is 9.69. The third-order valence-corrected chi connectivity index (χ3v) is 2.69. The quantitative estimate of drug-likeness (QED) is 0.547. The zero-order chi connectivity index (χ0) is 12.2. The molecule has 1 aliphatic heterocycles. The van der Waals surface area contributed by atoms with Gasteiger partial charge in [-0.25, -0.2) is 4.79 Å². The number of aliphatic hydroxyl groups excluding tert-OH is 1. The predicted octanol–water partition coefficient (Wildman–Crippen LogP) is 1.29. The summed E-state index contributed by atoms with van der Waals surface area (Å²) < 4.78 is 4.72. The molecule has 1 unspecified atom stereocenters. The Morgan fingerprint density at radius 1 is 1.50 bits per heavy atom. The number of unbranched alkanes of at least 4 members (excludes halogenated alkanes) is 2. The van der Waals surface area contributed by atoms with Crippen LogP contribution >= 0.6 is 0 Å². The van der Waals surface area contributed by atoms with Crippen LogP contribution in [0, 0.1) is 0 Å². The van der Waals surface area contributed by atoms with Gasteiger partial charge in [0.15, 0.2) is 0 Å². The topological polar surface area (TPSA) is 66.8 Å². The Balaban J connectivity index is 2.78. The van der Waals surface area contributed by atoms with Gasteiger partial charge in [-0.1, -0.05) is 31.9 Å². The summed E-state index contributed by atoms with van der Waals surface area (Å²) in [6, 6.07) is 0. The van der Waals surface area contributed by atoms with Gasteiger partial charge < -0.3 is 14.9 Å². The van der Waals surface area contributed by atoms with Crippen LogP contribution in [0.25, 0.3) is 0 Å². The van der Waals surface area contributed by atoms with Crippen LogP contribution in [0.5, 0.6) is 0 Å². The smallest absolute Gasteiger partial charge is 0.341 e. The molecular weight excluding hydrogens is 208 g/mol. The molecule has 2 N–H and O–H groups in total. The fraction of sp³-hybridized carbons (Fsp3) is 0.583. The van der Waals surface area contributed by atoms with E-state index in [1.807, 2.05) is 6.08 Å². The van der Waals surface area contributed by atoms with Crippen LogP contribution in [0.15, 0.2) is 23.3 Å². The van der Waals surface area contributed by atoms with E-state index in [1.165, 1.54) is 0 Å². The minimum absolute atomic E-state index is 0.340. The molecule has 16 heavy (non-hydrogen) atoms. The van der Waals surface area contributed by atoms with Crippen LogP contribution < -0.4 is 0 Å². The first-order valence-corrected chi connectivity index (χ1v) is 5.49. The summed E-state index contributed by atoms with van der Waals surface area (Å²) in [5.74, 6) is -2.41. The molecule has 1 atom stereocenters. The molecule has 0 aliphatic carbocycles. The van der Waals surface area contributed by atoms with Crippen LogP contribution in [-0.4, -0.2) is 28.6 Å². The van der Waals surface area contributed by atoms with Crippen molar-refractivity contribution >= 4 is 5.97 Å². The van der Waals surface area contributed by atoms with Crippen LogP contribution in [0.2, 0.25) is 0 Å². The van der Waals surface area contributed by atoms with Gasteiger partial charge in [-0.3, -0.25) is 0 Å². The summed E-state index contributed by atoms with van der Waals surface area (Å²) in [6.07, 6.45) is 6.57. The molecule has 0 aromatic heterocycles. The average molecular weight is 226 g/mol. The van der Waals surface area contributed by atoms with Crippen molar-refractivity contribution in [3.05, 3.63) is 23.3 Å². The number of hydrogen-bond donors (Lipinski definition) is 2. The third kappa shape index (κ3) is 2.51. The van der Waals surface area contributed by atoms with E-state index in [-0.39, 0.29) is 0 Å². The molecule has 0 fully saturated rings. The lowest BCUT2D eigenvalue weighted by Gasteiger charge is -2.19. The lowest BCUT2D eigenvalue weighted by molar-refractivity contribution is -0.192. The van der Waals surface area contributed by atoms with E-state index >= 15 is 0 Å². The van der Waals surface area contributed by atoms with E-state index < -0.39 is 18.4 Å². The monoisotopic (exact) mass is 226 g/mol. The molecule has 90 valence electrons. The van der Waals surface area contributed by atoms with Gasteiger partial charge in [-0.2, -0.15) is 0 Å². The minimum Gasteiger partial charge on any atom is -0.423 e. The molecule has 4 heteroatoms. The highest BCUT2D eigenvalue weighted by Gasteiger charge is 2.42. The number of hydrogen-bond acceptors (Lipinski definition) is 4. The highest BCUT2D eigenvalue weighted by Crippen LogP contribution is 2.30. The second-order valence-electron chi connectivity index (χ2n) is 3.92. The maximum absolute atomic E-state index is 11.4. The summed E-state index contributed by atoms with van der Waals surface area (Å²) in [6.45, 7) is 3.06. The van der Waals surface area contributed by atoms with Gasteiger partial charge in [0.1, 0.15) is 6.61 Å². The Morgan fingerprint density at radius 2 is 2.19 bits per heavy atom. The van der Waals surface area contributed by atoms with Crippen molar-refractivity contribution in [3.8, 4) is 0 Å². The summed E-state index contributed by atoms with van der Waals surface area (Å²) in [5.41, 5.74) is 0.709. The first kappa shape index (κ1) is 12.9. The average Bonchev–Trinajstić information content (AvgIpc) is 2.48. The maximum Gasteiger partial charge on any atom is 0.341 e. The first-order chi connectivity index (χ1) is 7.55. The van der Waals surface area contributed by atoms with Crippen molar-refractivity contribution in [2.24, 2.45) is 0 Å². The molecule has 0 aromatic rings. The highest BCUT2D eigenvalue weighted by molar-refractivity contribution is 5.95. The van der Waals surface area contributed by atoms with Crippen LogP contribution in [0.3, 0.4) is 0 Å². The van der Waals surface area contributed by atoms with Gasteiger partial charge in [-0.15, -0.1) is 0 Å². The normalized spacial score (nSPS) is 25.6. The molecule has 0 aromatic carbocycles. The zero-order valence-electron chi connectivity index (χ0n) is 9.69. The largest absolute Gasteiger partial charge is 0.423 e. The van der Waals surface area contributed by atoms with E-state index in [2.05, 4.69) is 6.92 Å². The lowest BCUT2D eigenvalue weighted by atomic mass is 10.0. The maximum atomic E-state index is 11.4. The number of aliphatic hydroxyl groups is 2. The molecule has 1 aliphatic rings. The van der Waals surface area contributed by atoms with Crippen molar-refractivity contribution in [2.75, 3.05) is 6.61 Å². The third-order valence-electron chi connectivity index (χ3n) is 2.69. The number of allylic oxidation sites excluding steroid dienone is 1. The molecule has 0 amide bonds. The molecule has 4 nitrogen and oxygen atoms in total. The molecule has 0 radical (unpaired) electrons. The fourth-order valence-corrected chi connectivity index (χ4v) is 1.52. The van der Waals surface area contributed by atoms with Crippen molar-refractivity contribution in [1.82, 2.24) is 0 Å². The number of esters is 1. The number of cyclic esters (lactones) is 1. The minimum atomic E-state index is -1.83. The fourth-order valence-electron chi connectivity index (χ4n) is 1.52. The first-order valence-electron chi connectivity index (χ1n) is 5.49.